The molecule has 1 aromatic carbocycles. The first kappa shape index (κ1) is 18.9. The van der Waals surface area contributed by atoms with Gasteiger partial charge in [0.25, 0.3) is 0 Å². The third-order valence-electron chi connectivity index (χ3n) is 5.33. The molecule has 1 N–H and O–H groups in total. The largest absolute Gasteiger partial charge is 0.507 e. The highest BCUT2D eigenvalue weighted by atomic mass is 19.4. The van der Waals surface area contributed by atoms with Crippen LogP contribution in [0.3, 0.4) is 0 Å². The van der Waals surface area contributed by atoms with Crippen molar-refractivity contribution in [3.05, 3.63) is 35.4 Å². The average molecular weight is 394 g/mol. The highest BCUT2D eigenvalue weighted by Crippen LogP contribution is 2.38. The number of aromatic nitrogens is 2. The summed E-state index contributed by atoms with van der Waals surface area (Å²) < 4.78 is 44.6. The second kappa shape index (κ2) is 6.89. The Hall–Kier alpha value is -2.39. The van der Waals surface area contributed by atoms with Gasteiger partial charge in [-0.1, -0.05) is 0 Å². The van der Waals surface area contributed by atoms with Crippen LogP contribution in [-0.4, -0.2) is 65.6 Å². The Morgan fingerprint density at radius 1 is 1.18 bits per heavy atom. The van der Waals surface area contributed by atoms with Crippen LogP contribution in [0.2, 0.25) is 0 Å². The number of morpholine rings is 1. The number of hydrogen-bond donors (Lipinski definition) is 1. The molecule has 0 radical (unpaired) electrons. The molecule has 0 bridgehead atoms. The number of anilines is 1. The van der Waals surface area contributed by atoms with Crippen LogP contribution in [0.5, 0.6) is 5.75 Å². The van der Waals surface area contributed by atoms with Crippen LogP contribution < -0.4 is 4.90 Å². The number of halogens is 3. The van der Waals surface area contributed by atoms with Crippen molar-refractivity contribution < 1.29 is 23.0 Å². The Morgan fingerprint density at radius 3 is 2.61 bits per heavy atom. The second-order valence-corrected chi connectivity index (χ2v) is 7.35. The molecule has 2 aromatic rings. The van der Waals surface area contributed by atoms with Crippen molar-refractivity contribution in [1.82, 2.24) is 15.1 Å². The smallest absolute Gasteiger partial charge is 0.416 e. The minimum Gasteiger partial charge on any atom is -0.507 e. The molecule has 0 saturated carbocycles. The van der Waals surface area contributed by atoms with Crippen LogP contribution in [0.25, 0.3) is 11.3 Å². The van der Waals surface area contributed by atoms with Gasteiger partial charge in [-0.25, -0.2) is 0 Å². The molecule has 2 atom stereocenters. The molecule has 150 valence electrons. The van der Waals surface area contributed by atoms with E-state index in [-0.39, 0.29) is 17.7 Å². The number of fused-ring (bicyclic) bond motifs is 1. The minimum absolute atomic E-state index is 0.126. The zero-order valence-electron chi connectivity index (χ0n) is 15.6. The average Bonchev–Trinajstić information content (AvgIpc) is 3.01. The minimum atomic E-state index is -4.52. The third kappa shape index (κ3) is 3.40. The molecule has 2 aliphatic heterocycles. The van der Waals surface area contributed by atoms with Gasteiger partial charge in [0.2, 0.25) is 0 Å². The Labute approximate surface area is 160 Å². The van der Waals surface area contributed by atoms with Gasteiger partial charge in [-0.05, 0) is 43.8 Å². The summed E-state index contributed by atoms with van der Waals surface area (Å²) in [7, 11) is 2.05. The predicted octanol–water partition coefficient (Wildman–Crippen LogP) is 2.70. The Morgan fingerprint density at radius 2 is 1.96 bits per heavy atom. The van der Waals surface area contributed by atoms with Gasteiger partial charge in [-0.3, -0.25) is 0 Å². The molecule has 0 unspecified atom stereocenters. The van der Waals surface area contributed by atoms with Crippen molar-refractivity contribution in [2.24, 2.45) is 0 Å². The Bertz CT molecular complexity index is 849. The molecule has 28 heavy (non-hydrogen) atoms. The summed E-state index contributed by atoms with van der Waals surface area (Å²) in [6.07, 6.45) is -4.39. The number of nitrogens with zero attached hydrogens (tertiary/aromatic N) is 4. The normalized spacial score (nSPS) is 23.1. The van der Waals surface area contributed by atoms with Crippen LogP contribution in [0.1, 0.15) is 11.1 Å². The van der Waals surface area contributed by atoms with E-state index in [1.165, 1.54) is 6.92 Å². The number of phenols is 1. The number of phenolic OH excluding ortho intramolecular Hbond substituents is 1. The van der Waals surface area contributed by atoms with Crippen LogP contribution in [0.4, 0.5) is 19.0 Å². The van der Waals surface area contributed by atoms with Gasteiger partial charge >= 0.3 is 6.18 Å². The summed E-state index contributed by atoms with van der Waals surface area (Å²) >= 11 is 0. The van der Waals surface area contributed by atoms with Crippen molar-refractivity contribution in [2.45, 2.75) is 25.2 Å². The van der Waals surface area contributed by atoms with Gasteiger partial charge in [0, 0.05) is 25.2 Å². The number of hydrogen-bond acceptors (Lipinski definition) is 6. The fourth-order valence-electron chi connectivity index (χ4n) is 4.03. The van der Waals surface area contributed by atoms with Gasteiger partial charge in [0.15, 0.2) is 5.82 Å². The van der Waals surface area contributed by atoms with Gasteiger partial charge < -0.3 is 19.6 Å². The maximum absolute atomic E-state index is 12.9. The number of alkyl halides is 3. The quantitative estimate of drug-likeness (QED) is 0.845. The fourth-order valence-corrected chi connectivity index (χ4v) is 4.03. The molecule has 0 aliphatic carbocycles. The van der Waals surface area contributed by atoms with Crippen molar-refractivity contribution in [1.29, 1.82) is 0 Å². The van der Waals surface area contributed by atoms with Crippen molar-refractivity contribution in [2.75, 3.05) is 38.2 Å². The predicted molar refractivity (Wildman–Crippen MR) is 97.2 cm³/mol. The zero-order valence-corrected chi connectivity index (χ0v) is 15.6. The maximum Gasteiger partial charge on any atom is 0.416 e. The first-order valence-corrected chi connectivity index (χ1v) is 9.06. The molecular formula is C19H21F3N4O2. The van der Waals surface area contributed by atoms with E-state index in [0.717, 1.165) is 25.2 Å². The number of ether oxygens (including phenoxy) is 1. The van der Waals surface area contributed by atoms with E-state index < -0.39 is 17.5 Å². The molecule has 9 heteroatoms. The van der Waals surface area contributed by atoms with Crippen molar-refractivity contribution >= 4 is 5.82 Å². The van der Waals surface area contributed by atoms with Gasteiger partial charge in [0.1, 0.15) is 5.75 Å². The summed E-state index contributed by atoms with van der Waals surface area (Å²) in [6, 6.07) is 5.39. The molecule has 2 aliphatic rings. The molecule has 3 heterocycles. The lowest BCUT2D eigenvalue weighted by Gasteiger charge is -2.37. The standard InChI is InChI=1S/C19H21F3N4O2/c1-11-7-12(19(20,21)22)8-15(27)18(11)13-3-4-17(24-23-13)26-5-6-28-16-10-25(2)9-14(16)26/h3-4,7-8,14,16,27H,5-6,9-10H2,1-2H3/t14-,16+/m1/s1. The number of rotatable bonds is 2. The fraction of sp³-hybridized carbons (Fsp3) is 0.474. The first-order chi connectivity index (χ1) is 13.2. The monoisotopic (exact) mass is 394 g/mol. The maximum atomic E-state index is 12.9. The van der Waals surface area contributed by atoms with E-state index in [0.29, 0.717) is 30.2 Å². The van der Waals surface area contributed by atoms with Crippen LogP contribution in [-0.2, 0) is 10.9 Å². The SMILES string of the molecule is Cc1cc(C(F)(F)F)cc(O)c1-c1ccc(N2CCO[C@H]3CN(C)C[C@H]32)nn1. The van der Waals surface area contributed by atoms with Crippen LogP contribution in [0.15, 0.2) is 24.3 Å². The summed E-state index contributed by atoms with van der Waals surface area (Å²) in [5.74, 6) is 0.236. The molecule has 0 amide bonds. The second-order valence-electron chi connectivity index (χ2n) is 7.35. The number of aryl methyl sites for hydroxylation is 1. The highest BCUT2D eigenvalue weighted by Gasteiger charge is 2.39. The van der Waals surface area contributed by atoms with E-state index in [1.54, 1.807) is 12.1 Å². The van der Waals surface area contributed by atoms with Crippen LogP contribution >= 0.6 is 0 Å². The Kier molecular flexibility index (Phi) is 4.67. The molecule has 4 rings (SSSR count). The van der Waals surface area contributed by atoms with E-state index in [4.69, 9.17) is 4.74 Å². The van der Waals surface area contributed by atoms with Crippen molar-refractivity contribution in [3.63, 3.8) is 0 Å². The third-order valence-corrected chi connectivity index (χ3v) is 5.33. The molecular weight excluding hydrogens is 373 g/mol. The lowest BCUT2D eigenvalue weighted by molar-refractivity contribution is -0.137. The van der Waals surface area contributed by atoms with Gasteiger partial charge in [-0.15, -0.1) is 10.2 Å². The molecule has 2 saturated heterocycles. The van der Waals surface area contributed by atoms with Gasteiger partial charge in [-0.2, -0.15) is 13.2 Å². The highest BCUT2D eigenvalue weighted by molar-refractivity contribution is 5.71. The topological polar surface area (TPSA) is 61.7 Å². The first-order valence-electron chi connectivity index (χ1n) is 9.06. The number of benzene rings is 1. The van der Waals surface area contributed by atoms with E-state index in [9.17, 15) is 18.3 Å². The number of aromatic hydroxyl groups is 1. The van der Waals surface area contributed by atoms with Crippen LogP contribution in [0, 0.1) is 6.92 Å². The zero-order chi connectivity index (χ0) is 20.1. The van der Waals surface area contributed by atoms with Crippen molar-refractivity contribution in [3.8, 4) is 17.0 Å². The lowest BCUT2D eigenvalue weighted by Crippen LogP contribution is -2.51. The molecule has 2 fully saturated rings. The lowest BCUT2D eigenvalue weighted by atomic mass is 10.0. The molecule has 6 nitrogen and oxygen atoms in total. The van der Waals surface area contributed by atoms with E-state index in [2.05, 4.69) is 20.0 Å². The molecule has 1 aromatic heterocycles. The Balaban J connectivity index is 1.62. The summed E-state index contributed by atoms with van der Waals surface area (Å²) in [6.45, 7) is 4.56. The summed E-state index contributed by atoms with van der Waals surface area (Å²) in [4.78, 5) is 4.37. The number of likely N-dealkylation sites (tertiary alicyclic amines) is 1. The van der Waals surface area contributed by atoms with E-state index >= 15 is 0 Å². The van der Waals surface area contributed by atoms with E-state index in [1.807, 2.05) is 7.05 Å². The summed E-state index contributed by atoms with van der Waals surface area (Å²) in [5.41, 5.74) is -0.00732. The number of likely N-dealkylation sites (N-methyl/N-ethyl adjacent to an activating group) is 1. The van der Waals surface area contributed by atoms with Gasteiger partial charge in [0.05, 0.1) is 30.0 Å². The molecule has 0 spiro atoms. The summed E-state index contributed by atoms with van der Waals surface area (Å²) in [5, 5.41) is 18.6.